The van der Waals surface area contributed by atoms with Gasteiger partial charge in [-0.25, -0.2) is 8.42 Å². The van der Waals surface area contributed by atoms with Gasteiger partial charge in [0.05, 0.1) is 6.04 Å². The average Bonchev–Trinajstić information content (AvgIpc) is 3.07. The second kappa shape index (κ2) is 6.12. The molecule has 0 spiro atoms. The Labute approximate surface area is 145 Å². The molecule has 1 aliphatic rings. The zero-order valence-electron chi connectivity index (χ0n) is 11.0. The summed E-state index contributed by atoms with van der Waals surface area (Å²) in [6, 6.07) is 9.59. The molecule has 1 aliphatic heterocycles. The Morgan fingerprint density at radius 2 is 2.05 bits per heavy atom. The normalized spacial score (nSPS) is 20.0. The van der Waals surface area contributed by atoms with E-state index in [0.29, 0.717) is 15.2 Å². The number of hydrogen-bond donors (Lipinski definition) is 0. The molecule has 1 saturated heterocycles. The van der Waals surface area contributed by atoms with Crippen LogP contribution in [0.2, 0.25) is 0 Å². The van der Waals surface area contributed by atoms with Crippen LogP contribution in [0.3, 0.4) is 0 Å². The fourth-order valence-electron chi connectivity index (χ4n) is 2.65. The zero-order valence-corrected chi connectivity index (χ0v) is 15.8. The van der Waals surface area contributed by atoms with E-state index in [-0.39, 0.29) is 6.04 Å². The van der Waals surface area contributed by atoms with E-state index < -0.39 is 10.0 Å². The van der Waals surface area contributed by atoms with E-state index in [1.165, 1.54) is 11.3 Å². The van der Waals surface area contributed by atoms with Gasteiger partial charge in [-0.2, -0.15) is 4.31 Å². The molecule has 0 radical (unpaired) electrons. The lowest BCUT2D eigenvalue weighted by Gasteiger charge is -2.24. The number of halogens is 2. The van der Waals surface area contributed by atoms with Gasteiger partial charge in [-0.15, -0.1) is 11.3 Å². The molecule has 2 aromatic rings. The Kier molecular flexibility index (Phi) is 4.57. The number of rotatable bonds is 3. The molecule has 0 bridgehead atoms. The maximum atomic E-state index is 12.9. The van der Waals surface area contributed by atoms with Crippen LogP contribution in [0.1, 0.15) is 24.4 Å². The van der Waals surface area contributed by atoms with Crippen molar-refractivity contribution in [1.82, 2.24) is 4.31 Å². The van der Waals surface area contributed by atoms with Crippen molar-refractivity contribution in [2.75, 3.05) is 6.54 Å². The predicted octanol–water partition coefficient (Wildman–Crippen LogP) is 4.80. The lowest BCUT2D eigenvalue weighted by atomic mass is 10.1. The summed E-state index contributed by atoms with van der Waals surface area (Å²) in [5.74, 6) is 0. The van der Waals surface area contributed by atoms with E-state index in [2.05, 4.69) is 31.9 Å². The molecule has 1 unspecified atom stereocenters. The fourth-order valence-corrected chi connectivity index (χ4v) is 7.17. The molecule has 3 rings (SSSR count). The molecule has 0 amide bonds. The van der Waals surface area contributed by atoms with Gasteiger partial charge in [0.1, 0.15) is 4.21 Å². The number of nitrogens with zero attached hydrogens (tertiary/aromatic N) is 1. The van der Waals surface area contributed by atoms with E-state index in [1.807, 2.05) is 24.3 Å². The number of hydrogen-bond acceptors (Lipinski definition) is 3. The number of thiophene rings is 1. The van der Waals surface area contributed by atoms with Crippen molar-refractivity contribution in [3.05, 3.63) is 50.2 Å². The predicted molar refractivity (Wildman–Crippen MR) is 92.0 cm³/mol. The van der Waals surface area contributed by atoms with E-state index >= 15 is 0 Å². The molecule has 0 saturated carbocycles. The Morgan fingerprint density at radius 3 is 2.71 bits per heavy atom. The molecule has 0 N–H and O–H groups in total. The molecule has 7 heteroatoms. The smallest absolute Gasteiger partial charge is 0.206 e. The topological polar surface area (TPSA) is 37.4 Å². The Morgan fingerprint density at radius 1 is 1.24 bits per heavy atom. The Balaban J connectivity index is 2.00. The fraction of sp³-hybridized carbons (Fsp3) is 0.286. The molecule has 112 valence electrons. The van der Waals surface area contributed by atoms with Crippen LogP contribution in [0, 0.1) is 0 Å². The first-order chi connectivity index (χ1) is 10.00. The highest BCUT2D eigenvalue weighted by Gasteiger charge is 2.37. The van der Waals surface area contributed by atoms with Crippen LogP contribution >= 0.6 is 43.2 Å². The maximum absolute atomic E-state index is 12.9. The summed E-state index contributed by atoms with van der Waals surface area (Å²) in [7, 11) is -3.45. The minimum atomic E-state index is -3.45. The van der Waals surface area contributed by atoms with Gasteiger partial charge in [0.2, 0.25) is 0 Å². The monoisotopic (exact) mass is 449 g/mol. The summed E-state index contributed by atoms with van der Waals surface area (Å²) >= 11 is 8.05. The second-order valence-electron chi connectivity index (χ2n) is 4.88. The first-order valence-electron chi connectivity index (χ1n) is 6.50. The summed E-state index contributed by atoms with van der Waals surface area (Å²) in [6.07, 6.45) is 1.75. The highest BCUT2D eigenvalue weighted by molar-refractivity contribution is 9.10. The van der Waals surface area contributed by atoms with Gasteiger partial charge in [0.15, 0.2) is 0 Å². The van der Waals surface area contributed by atoms with Crippen molar-refractivity contribution in [2.24, 2.45) is 0 Å². The highest BCUT2D eigenvalue weighted by Crippen LogP contribution is 2.40. The van der Waals surface area contributed by atoms with Gasteiger partial charge in [0, 0.05) is 15.5 Å². The van der Waals surface area contributed by atoms with Gasteiger partial charge in [-0.1, -0.05) is 28.1 Å². The van der Waals surface area contributed by atoms with Crippen molar-refractivity contribution in [1.29, 1.82) is 0 Å². The van der Waals surface area contributed by atoms with Crippen LogP contribution in [0.25, 0.3) is 0 Å². The third-order valence-electron chi connectivity index (χ3n) is 3.56. The minimum absolute atomic E-state index is 0.0819. The third-order valence-corrected chi connectivity index (χ3v) is 8.61. The number of benzene rings is 1. The zero-order chi connectivity index (χ0) is 15.0. The maximum Gasteiger partial charge on any atom is 0.254 e. The molecule has 1 atom stereocenters. The molecule has 1 aromatic carbocycles. The van der Waals surface area contributed by atoms with Crippen LogP contribution in [0.4, 0.5) is 0 Å². The summed E-state index contributed by atoms with van der Waals surface area (Å²) in [6.45, 7) is 0.573. The molecule has 21 heavy (non-hydrogen) atoms. The van der Waals surface area contributed by atoms with Crippen molar-refractivity contribution >= 4 is 53.2 Å². The van der Waals surface area contributed by atoms with Crippen molar-refractivity contribution in [3.8, 4) is 0 Å². The molecule has 2 heterocycles. The second-order valence-corrected chi connectivity index (χ2v) is 9.66. The molecule has 0 aliphatic carbocycles. The highest BCUT2D eigenvalue weighted by atomic mass is 79.9. The summed E-state index contributed by atoms with van der Waals surface area (Å²) in [4.78, 5) is 0. The molecule has 1 fully saturated rings. The molecule has 1 aromatic heterocycles. The Hall–Kier alpha value is -0.210. The average molecular weight is 451 g/mol. The van der Waals surface area contributed by atoms with Gasteiger partial charge < -0.3 is 0 Å². The SMILES string of the molecule is O=S(=O)(c1sccc1Br)N1CCCC1c1cccc(Br)c1. The largest absolute Gasteiger partial charge is 0.254 e. The van der Waals surface area contributed by atoms with E-state index in [4.69, 9.17) is 0 Å². The minimum Gasteiger partial charge on any atom is -0.206 e. The van der Waals surface area contributed by atoms with Crippen molar-refractivity contribution in [3.63, 3.8) is 0 Å². The van der Waals surface area contributed by atoms with Crippen LogP contribution in [0.5, 0.6) is 0 Å². The van der Waals surface area contributed by atoms with Gasteiger partial charge in [-0.3, -0.25) is 0 Å². The van der Waals surface area contributed by atoms with E-state index in [1.54, 1.807) is 15.8 Å². The van der Waals surface area contributed by atoms with Crippen molar-refractivity contribution < 1.29 is 8.42 Å². The quantitative estimate of drug-likeness (QED) is 0.673. The van der Waals surface area contributed by atoms with Gasteiger partial charge in [0.25, 0.3) is 10.0 Å². The lowest BCUT2D eigenvalue weighted by molar-refractivity contribution is 0.397. The molecular weight excluding hydrogens is 438 g/mol. The van der Waals surface area contributed by atoms with Crippen LogP contribution in [0.15, 0.2) is 48.9 Å². The standard InChI is InChI=1S/C14H13Br2NO2S2/c15-11-4-1-3-10(9-11)13-5-2-7-17(13)21(18,19)14-12(16)6-8-20-14/h1,3-4,6,8-9,13H,2,5,7H2. The lowest BCUT2D eigenvalue weighted by Crippen LogP contribution is -2.30. The van der Waals surface area contributed by atoms with E-state index in [9.17, 15) is 8.42 Å². The van der Waals surface area contributed by atoms with Crippen LogP contribution < -0.4 is 0 Å². The number of sulfonamides is 1. The summed E-state index contributed by atoms with van der Waals surface area (Å²) < 4.78 is 29.4. The third kappa shape index (κ3) is 2.99. The van der Waals surface area contributed by atoms with Crippen LogP contribution in [-0.4, -0.2) is 19.3 Å². The van der Waals surface area contributed by atoms with Gasteiger partial charge >= 0.3 is 0 Å². The molecular formula is C14H13Br2NO2S2. The summed E-state index contributed by atoms with van der Waals surface area (Å²) in [5, 5.41) is 1.79. The molecule has 3 nitrogen and oxygen atoms in total. The van der Waals surface area contributed by atoms with Crippen LogP contribution in [-0.2, 0) is 10.0 Å². The van der Waals surface area contributed by atoms with Crippen molar-refractivity contribution in [2.45, 2.75) is 23.1 Å². The Bertz CT molecular complexity index is 758. The van der Waals surface area contributed by atoms with E-state index in [0.717, 1.165) is 22.9 Å². The first kappa shape index (κ1) is 15.7. The first-order valence-corrected chi connectivity index (χ1v) is 10.4. The summed E-state index contributed by atoms with van der Waals surface area (Å²) in [5.41, 5.74) is 1.04. The van der Waals surface area contributed by atoms with Gasteiger partial charge in [-0.05, 0) is 57.9 Å².